The second-order valence-corrected chi connectivity index (χ2v) is 8.49. The molecule has 3 heterocycles. The number of nitrogens with two attached hydrogens (primary N) is 1. The van der Waals surface area contributed by atoms with Gasteiger partial charge in [0.25, 0.3) is 5.91 Å². The smallest absolute Gasteiger partial charge is 0.416 e. The lowest BCUT2D eigenvalue weighted by molar-refractivity contribution is 0.102. The minimum absolute atomic E-state index is 0.0725. The molecule has 2 aromatic heterocycles. The number of nitrogen functional groups attached to an aromatic ring is 1. The van der Waals surface area contributed by atoms with Crippen LogP contribution in [0.1, 0.15) is 35.3 Å². The summed E-state index contributed by atoms with van der Waals surface area (Å²) in [6, 6.07) is 9.30. The number of ether oxygens (including phenoxy) is 1. The van der Waals surface area contributed by atoms with Gasteiger partial charge in [-0.15, -0.1) is 0 Å². The van der Waals surface area contributed by atoms with Gasteiger partial charge in [-0.3, -0.25) is 14.4 Å². The molecule has 2 amide bonds. The third kappa shape index (κ3) is 5.87. The van der Waals surface area contributed by atoms with Crippen LogP contribution in [0.4, 0.5) is 22.0 Å². The first-order valence-electron chi connectivity index (χ1n) is 11.3. The van der Waals surface area contributed by atoms with Crippen LogP contribution in [-0.4, -0.2) is 50.9 Å². The van der Waals surface area contributed by atoms with Gasteiger partial charge in [-0.25, -0.2) is 14.8 Å². The fourth-order valence-electron chi connectivity index (χ4n) is 3.99. The molecule has 11 nitrogen and oxygen atoms in total. The van der Waals surface area contributed by atoms with Gasteiger partial charge in [0.2, 0.25) is 5.28 Å². The Bertz CT molecular complexity index is 1180. The lowest BCUT2D eigenvalue weighted by Gasteiger charge is -2.31. The van der Waals surface area contributed by atoms with Gasteiger partial charge in [-0.1, -0.05) is 30.3 Å². The van der Waals surface area contributed by atoms with E-state index in [1.165, 1.54) is 17.1 Å². The minimum Gasteiger partial charge on any atom is -0.444 e. The molecule has 4 N–H and O–H groups in total. The summed E-state index contributed by atoms with van der Waals surface area (Å²) >= 11 is 5.84. The number of aryl methyl sites for hydroxylation is 1. The largest absolute Gasteiger partial charge is 0.444 e. The van der Waals surface area contributed by atoms with E-state index < -0.39 is 12.0 Å². The van der Waals surface area contributed by atoms with Crippen molar-refractivity contribution in [2.45, 2.75) is 31.9 Å². The molecule has 0 radical (unpaired) electrons. The Kier molecular flexibility index (Phi) is 7.78. The molecule has 3 aromatic rings. The van der Waals surface area contributed by atoms with Gasteiger partial charge in [-0.05, 0) is 49.5 Å². The summed E-state index contributed by atoms with van der Waals surface area (Å²) in [5.74, 6) is -0.191. The van der Waals surface area contributed by atoms with Crippen molar-refractivity contribution >= 4 is 40.8 Å². The Labute approximate surface area is 207 Å². The van der Waals surface area contributed by atoms with Crippen LogP contribution in [0.3, 0.4) is 0 Å². The number of aromatic nitrogens is 4. The standard InChI is InChI=1S/C23H27ClN8O3/c1-31-21(18(13-28-31)29-20(33)19-17(25)12-27-22(24)30-19)32(16-8-5-10-26-11-9-16)23(34)35-14-15-6-3-2-4-7-15/h2-4,6-7,12-13,16,26H,5,8-11,14,25H2,1H3,(H,29,33)/t16-/m1/s1. The molecule has 0 saturated carbocycles. The topological polar surface area (TPSA) is 140 Å². The van der Waals surface area contributed by atoms with E-state index in [0.717, 1.165) is 31.5 Å². The summed E-state index contributed by atoms with van der Waals surface area (Å²) < 4.78 is 7.23. The monoisotopic (exact) mass is 498 g/mol. The van der Waals surface area contributed by atoms with Crippen molar-refractivity contribution in [2.75, 3.05) is 29.0 Å². The molecule has 35 heavy (non-hydrogen) atoms. The predicted octanol–water partition coefficient (Wildman–Crippen LogP) is 2.98. The van der Waals surface area contributed by atoms with Crippen LogP contribution in [0.2, 0.25) is 5.28 Å². The van der Waals surface area contributed by atoms with Crippen molar-refractivity contribution in [3.63, 3.8) is 0 Å². The molecule has 0 bridgehead atoms. The molecule has 0 spiro atoms. The Morgan fingerprint density at radius 1 is 1.26 bits per heavy atom. The van der Waals surface area contributed by atoms with Crippen LogP contribution >= 0.6 is 11.6 Å². The van der Waals surface area contributed by atoms with Crippen molar-refractivity contribution in [1.82, 2.24) is 25.1 Å². The van der Waals surface area contributed by atoms with E-state index in [-0.39, 0.29) is 29.3 Å². The highest BCUT2D eigenvalue weighted by Crippen LogP contribution is 2.31. The summed E-state index contributed by atoms with van der Waals surface area (Å²) in [6.07, 6.45) is 4.58. The second-order valence-electron chi connectivity index (χ2n) is 8.15. The van der Waals surface area contributed by atoms with Gasteiger partial charge in [0.15, 0.2) is 11.5 Å². The number of amides is 2. The van der Waals surface area contributed by atoms with Crippen LogP contribution < -0.4 is 21.3 Å². The third-order valence-electron chi connectivity index (χ3n) is 5.70. The number of benzene rings is 1. The maximum Gasteiger partial charge on any atom is 0.416 e. The first kappa shape index (κ1) is 24.4. The Morgan fingerprint density at radius 3 is 2.86 bits per heavy atom. The highest BCUT2D eigenvalue weighted by atomic mass is 35.5. The van der Waals surface area contributed by atoms with E-state index in [0.29, 0.717) is 17.9 Å². The quantitative estimate of drug-likeness (QED) is 0.440. The fraction of sp³-hybridized carbons (Fsp3) is 0.348. The Morgan fingerprint density at radius 2 is 2.06 bits per heavy atom. The first-order valence-corrected chi connectivity index (χ1v) is 11.6. The Hall–Kier alpha value is -3.70. The zero-order chi connectivity index (χ0) is 24.8. The molecule has 1 aromatic carbocycles. The molecule has 184 valence electrons. The maximum absolute atomic E-state index is 13.5. The van der Waals surface area contributed by atoms with Gasteiger partial charge >= 0.3 is 6.09 Å². The van der Waals surface area contributed by atoms with E-state index in [9.17, 15) is 9.59 Å². The van der Waals surface area contributed by atoms with E-state index in [4.69, 9.17) is 22.1 Å². The molecule has 0 unspecified atom stereocenters. The molecule has 12 heteroatoms. The van der Waals surface area contributed by atoms with Crippen LogP contribution in [-0.2, 0) is 18.4 Å². The highest BCUT2D eigenvalue weighted by Gasteiger charge is 2.32. The highest BCUT2D eigenvalue weighted by molar-refractivity contribution is 6.28. The van der Waals surface area contributed by atoms with Gasteiger partial charge in [-0.2, -0.15) is 5.10 Å². The predicted molar refractivity (Wildman–Crippen MR) is 132 cm³/mol. The van der Waals surface area contributed by atoms with E-state index in [1.807, 2.05) is 30.3 Å². The zero-order valence-corrected chi connectivity index (χ0v) is 20.0. The summed E-state index contributed by atoms with van der Waals surface area (Å²) in [4.78, 5) is 35.7. The lowest BCUT2D eigenvalue weighted by atomic mass is 10.1. The van der Waals surface area contributed by atoms with Gasteiger partial charge in [0.1, 0.15) is 12.3 Å². The zero-order valence-electron chi connectivity index (χ0n) is 19.3. The van der Waals surface area contributed by atoms with Crippen molar-refractivity contribution in [2.24, 2.45) is 7.05 Å². The van der Waals surface area contributed by atoms with E-state index in [2.05, 4.69) is 25.7 Å². The van der Waals surface area contributed by atoms with Gasteiger partial charge in [0.05, 0.1) is 18.1 Å². The number of anilines is 3. The molecular weight excluding hydrogens is 472 g/mol. The van der Waals surface area contributed by atoms with Gasteiger partial charge < -0.3 is 21.1 Å². The van der Waals surface area contributed by atoms with E-state index in [1.54, 1.807) is 11.9 Å². The minimum atomic E-state index is -0.596. The number of nitrogens with one attached hydrogen (secondary N) is 2. The summed E-state index contributed by atoms with van der Waals surface area (Å²) in [5, 5.41) is 10.3. The molecule has 1 saturated heterocycles. The Balaban J connectivity index is 1.63. The van der Waals surface area contributed by atoms with Gasteiger partial charge in [0, 0.05) is 13.1 Å². The number of hydrogen-bond donors (Lipinski definition) is 3. The van der Waals surface area contributed by atoms with Crippen molar-refractivity contribution in [1.29, 1.82) is 0 Å². The first-order chi connectivity index (χ1) is 16.9. The molecular formula is C23H27ClN8O3. The SMILES string of the molecule is Cn1ncc(NC(=O)c2nc(Cl)ncc2N)c1N(C(=O)OCc1ccccc1)[C@@H]1CCCNCC1. The second kappa shape index (κ2) is 11.2. The lowest BCUT2D eigenvalue weighted by Crippen LogP contribution is -2.43. The number of rotatable bonds is 6. The maximum atomic E-state index is 13.5. The van der Waals surface area contributed by atoms with Crippen LogP contribution in [0.25, 0.3) is 0 Å². The van der Waals surface area contributed by atoms with Crippen molar-refractivity contribution < 1.29 is 14.3 Å². The average molecular weight is 499 g/mol. The van der Waals surface area contributed by atoms with Crippen molar-refractivity contribution in [3.8, 4) is 0 Å². The van der Waals surface area contributed by atoms with Crippen molar-refractivity contribution in [3.05, 3.63) is 59.3 Å². The molecule has 1 aliphatic rings. The molecule has 0 aliphatic carbocycles. The average Bonchev–Trinajstić information content (AvgIpc) is 3.04. The molecule has 1 aliphatic heterocycles. The molecule has 4 rings (SSSR count). The summed E-state index contributed by atoms with van der Waals surface area (Å²) in [7, 11) is 1.70. The normalized spacial score (nSPS) is 15.8. The number of nitrogens with zero attached hydrogens (tertiary/aromatic N) is 5. The van der Waals surface area contributed by atoms with E-state index >= 15 is 0 Å². The third-order valence-corrected chi connectivity index (χ3v) is 5.88. The summed E-state index contributed by atoms with van der Waals surface area (Å²) in [5.41, 5.74) is 7.06. The number of carbonyl (C=O) groups excluding carboxylic acids is 2. The fourth-order valence-corrected chi connectivity index (χ4v) is 4.13. The number of carbonyl (C=O) groups is 2. The van der Waals surface area contributed by atoms with Crippen LogP contribution in [0.15, 0.2) is 42.7 Å². The number of halogens is 1. The molecule has 1 atom stereocenters. The van der Waals surface area contributed by atoms with Crippen LogP contribution in [0, 0.1) is 0 Å². The number of hydrogen-bond acceptors (Lipinski definition) is 8. The molecule has 1 fully saturated rings. The summed E-state index contributed by atoms with van der Waals surface area (Å²) in [6.45, 7) is 1.74. The van der Waals surface area contributed by atoms with Crippen LogP contribution in [0.5, 0.6) is 0 Å².